The number of rotatable bonds is 45. The SMILES string of the molecule is CCCCCCCCCCCCCCCCCCCCCCCCC(O)C(COC1OC(CO)C(OC2OC(CO)C(OC3OC(CO)C(O)C(O)C3O)C(O)C2O)C(O)C1O)NC(=O)CCCCCCCCCCC. The van der Waals surface area contributed by atoms with Gasteiger partial charge >= 0.3 is 0 Å². The molecular formula is C57H109NO18. The van der Waals surface area contributed by atoms with E-state index in [1.54, 1.807) is 0 Å². The van der Waals surface area contributed by atoms with Crippen molar-refractivity contribution in [2.75, 3.05) is 26.4 Å². The fourth-order valence-electron chi connectivity index (χ4n) is 10.7. The van der Waals surface area contributed by atoms with E-state index in [1.165, 1.54) is 148 Å². The molecule has 19 heteroatoms. The molecule has 3 saturated heterocycles. The van der Waals surface area contributed by atoms with Crippen LogP contribution in [0.3, 0.4) is 0 Å². The lowest BCUT2D eigenvalue weighted by atomic mass is 9.96. The van der Waals surface area contributed by atoms with Crippen molar-refractivity contribution < 1.29 is 89.4 Å². The Balaban J connectivity index is 1.45. The summed E-state index contributed by atoms with van der Waals surface area (Å²) >= 11 is 0. The van der Waals surface area contributed by atoms with Gasteiger partial charge in [-0.05, 0) is 12.8 Å². The van der Waals surface area contributed by atoms with E-state index in [2.05, 4.69) is 19.2 Å². The Kier molecular flexibility index (Phi) is 37.9. The number of ether oxygens (including phenoxy) is 6. The molecule has 0 aromatic rings. The molecule has 0 radical (unpaired) electrons. The van der Waals surface area contributed by atoms with Crippen molar-refractivity contribution >= 4 is 5.91 Å². The first-order chi connectivity index (χ1) is 36.8. The molecule has 0 aromatic heterocycles. The third kappa shape index (κ3) is 25.7. The van der Waals surface area contributed by atoms with Gasteiger partial charge in [-0.3, -0.25) is 4.79 Å². The number of aliphatic hydroxyl groups excluding tert-OH is 11. The van der Waals surface area contributed by atoms with Gasteiger partial charge in [0.05, 0.1) is 38.6 Å². The van der Waals surface area contributed by atoms with E-state index < -0.39 is 124 Å². The third-order valence-corrected chi connectivity index (χ3v) is 15.7. The first-order valence-corrected chi connectivity index (χ1v) is 30.3. The van der Waals surface area contributed by atoms with Crippen molar-refractivity contribution in [2.24, 2.45) is 0 Å². The van der Waals surface area contributed by atoms with Gasteiger partial charge in [0.2, 0.25) is 5.91 Å². The number of hydrogen-bond acceptors (Lipinski definition) is 18. The van der Waals surface area contributed by atoms with E-state index in [0.29, 0.717) is 12.8 Å². The van der Waals surface area contributed by atoms with Crippen molar-refractivity contribution in [3.63, 3.8) is 0 Å². The molecule has 3 heterocycles. The normalized spacial score (nSPS) is 30.9. The molecule has 76 heavy (non-hydrogen) atoms. The minimum absolute atomic E-state index is 0.244. The molecule has 0 aliphatic carbocycles. The fourth-order valence-corrected chi connectivity index (χ4v) is 10.7. The summed E-state index contributed by atoms with van der Waals surface area (Å²) in [5.74, 6) is -0.244. The van der Waals surface area contributed by atoms with Crippen LogP contribution in [0.25, 0.3) is 0 Å². The topological polar surface area (TPSA) is 307 Å². The maximum Gasteiger partial charge on any atom is 0.220 e. The van der Waals surface area contributed by atoms with Gasteiger partial charge in [0.15, 0.2) is 18.9 Å². The zero-order chi connectivity index (χ0) is 55.5. The number of carbonyl (C=O) groups is 1. The molecule has 450 valence electrons. The van der Waals surface area contributed by atoms with Crippen LogP contribution in [0, 0.1) is 0 Å². The van der Waals surface area contributed by atoms with E-state index in [4.69, 9.17) is 28.4 Å². The summed E-state index contributed by atoms with van der Waals surface area (Å²) in [5, 5.41) is 120. The van der Waals surface area contributed by atoms with Crippen molar-refractivity contribution in [2.45, 2.75) is 330 Å². The molecule has 1 amide bonds. The van der Waals surface area contributed by atoms with Crippen LogP contribution < -0.4 is 5.32 Å². The van der Waals surface area contributed by atoms with E-state index in [0.717, 1.165) is 44.9 Å². The maximum atomic E-state index is 13.2. The van der Waals surface area contributed by atoms with Gasteiger partial charge in [-0.2, -0.15) is 0 Å². The highest BCUT2D eigenvalue weighted by Crippen LogP contribution is 2.33. The number of hydrogen-bond donors (Lipinski definition) is 12. The van der Waals surface area contributed by atoms with Crippen LogP contribution in [0.4, 0.5) is 0 Å². The lowest BCUT2D eigenvalue weighted by molar-refractivity contribution is -0.379. The lowest BCUT2D eigenvalue weighted by Crippen LogP contribution is -2.66. The molecule has 17 unspecified atom stereocenters. The first kappa shape index (κ1) is 69.1. The second kappa shape index (κ2) is 41.7. The van der Waals surface area contributed by atoms with Crippen LogP contribution in [-0.2, 0) is 33.2 Å². The van der Waals surface area contributed by atoms with Crippen LogP contribution in [0.15, 0.2) is 0 Å². The number of unbranched alkanes of at least 4 members (excludes halogenated alkanes) is 29. The number of nitrogens with one attached hydrogen (secondary N) is 1. The molecule has 0 spiro atoms. The zero-order valence-electron chi connectivity index (χ0n) is 46.8. The van der Waals surface area contributed by atoms with Crippen molar-refractivity contribution in [1.29, 1.82) is 0 Å². The number of carbonyl (C=O) groups excluding carboxylic acids is 1. The molecule has 3 aliphatic heterocycles. The molecule has 3 rings (SSSR count). The highest BCUT2D eigenvalue weighted by atomic mass is 16.8. The molecule has 3 fully saturated rings. The van der Waals surface area contributed by atoms with Crippen LogP contribution in [0.5, 0.6) is 0 Å². The molecule has 0 saturated carbocycles. The predicted molar refractivity (Wildman–Crippen MR) is 287 cm³/mol. The maximum absolute atomic E-state index is 13.2. The van der Waals surface area contributed by atoms with Gasteiger partial charge in [-0.15, -0.1) is 0 Å². The minimum Gasteiger partial charge on any atom is -0.394 e. The summed E-state index contributed by atoms with van der Waals surface area (Å²) in [6, 6.07) is -0.878. The monoisotopic (exact) mass is 1100 g/mol. The van der Waals surface area contributed by atoms with Gasteiger partial charge in [0, 0.05) is 6.42 Å². The van der Waals surface area contributed by atoms with Crippen LogP contribution in [-0.4, -0.2) is 193 Å². The highest BCUT2D eigenvalue weighted by Gasteiger charge is 2.53. The number of aliphatic hydroxyl groups is 11. The molecular weight excluding hydrogens is 987 g/mol. The summed E-state index contributed by atoms with van der Waals surface area (Å²) < 4.78 is 34.3. The highest BCUT2D eigenvalue weighted by molar-refractivity contribution is 5.76. The average Bonchev–Trinajstić information content (AvgIpc) is 3.42. The summed E-state index contributed by atoms with van der Waals surface area (Å²) in [7, 11) is 0. The molecule has 17 atom stereocenters. The molecule has 19 nitrogen and oxygen atoms in total. The first-order valence-electron chi connectivity index (χ1n) is 30.3. The summed E-state index contributed by atoms with van der Waals surface area (Å²) in [5.41, 5.74) is 0. The van der Waals surface area contributed by atoms with Crippen molar-refractivity contribution in [3.8, 4) is 0 Å². The molecule has 0 aromatic carbocycles. The Hall–Kier alpha value is -1.21. The quantitative estimate of drug-likeness (QED) is 0.0348. The van der Waals surface area contributed by atoms with Gasteiger partial charge in [-0.1, -0.05) is 206 Å². The third-order valence-electron chi connectivity index (χ3n) is 15.7. The Morgan fingerprint density at radius 3 is 1.14 bits per heavy atom. The lowest BCUT2D eigenvalue weighted by Gasteiger charge is -2.48. The zero-order valence-corrected chi connectivity index (χ0v) is 46.8. The second-order valence-electron chi connectivity index (χ2n) is 22.2. The van der Waals surface area contributed by atoms with Crippen molar-refractivity contribution in [3.05, 3.63) is 0 Å². The molecule has 12 N–H and O–H groups in total. The predicted octanol–water partition coefficient (Wildman–Crippen LogP) is 5.21. The molecule has 0 bridgehead atoms. The summed E-state index contributed by atoms with van der Waals surface area (Å²) in [6.45, 7) is 1.77. The van der Waals surface area contributed by atoms with Gasteiger partial charge in [0.25, 0.3) is 0 Å². The van der Waals surface area contributed by atoms with Crippen molar-refractivity contribution in [1.82, 2.24) is 5.32 Å². The Labute approximate surface area is 455 Å². The van der Waals surface area contributed by atoms with Crippen LogP contribution in [0.2, 0.25) is 0 Å². The standard InChI is InChI=1S/C57H109NO18/c1-3-5-7-9-11-13-14-15-16-17-18-19-20-21-22-23-24-25-27-28-30-32-34-41(62)40(58-45(63)35-33-31-29-26-12-10-8-6-4-2)39-71-55-51(69)48(66)53(43(37-60)73-55)76-57-52(70)49(67)54(44(38-61)74-57)75-56-50(68)47(65)46(64)42(36-59)72-56/h40-44,46-57,59-62,64-70H,3-39H2,1-2H3,(H,58,63). The molecule has 3 aliphatic rings. The smallest absolute Gasteiger partial charge is 0.220 e. The summed E-state index contributed by atoms with van der Waals surface area (Å²) in [6.07, 6.45) is 12.1. The Morgan fingerprint density at radius 1 is 0.421 bits per heavy atom. The van der Waals surface area contributed by atoms with Crippen LogP contribution >= 0.6 is 0 Å². The van der Waals surface area contributed by atoms with Gasteiger partial charge in [0.1, 0.15) is 73.2 Å². The Morgan fingerprint density at radius 2 is 0.750 bits per heavy atom. The van der Waals surface area contributed by atoms with E-state index in [-0.39, 0.29) is 18.9 Å². The summed E-state index contributed by atoms with van der Waals surface area (Å²) in [4.78, 5) is 13.2. The van der Waals surface area contributed by atoms with Crippen LogP contribution in [0.1, 0.15) is 226 Å². The average molecular weight is 1100 g/mol. The second-order valence-corrected chi connectivity index (χ2v) is 22.2. The van der Waals surface area contributed by atoms with Gasteiger partial charge < -0.3 is 89.9 Å². The van der Waals surface area contributed by atoms with E-state index >= 15 is 0 Å². The van der Waals surface area contributed by atoms with E-state index in [1.807, 2.05) is 0 Å². The fraction of sp³-hybridized carbons (Fsp3) is 0.982. The number of amides is 1. The van der Waals surface area contributed by atoms with Gasteiger partial charge in [-0.25, -0.2) is 0 Å². The minimum atomic E-state index is -1.97. The Bertz CT molecular complexity index is 1400. The largest absolute Gasteiger partial charge is 0.394 e. The van der Waals surface area contributed by atoms with E-state index in [9.17, 15) is 61.0 Å².